The Morgan fingerprint density at radius 1 is 0.923 bits per heavy atom. The quantitative estimate of drug-likeness (QED) is 0.550. The molecule has 0 aromatic rings. The molecule has 0 nitrogen and oxygen atoms in total. The van der Waals surface area contributed by atoms with E-state index in [1.165, 1.54) is 0 Å². The molecule has 0 N–H and O–H groups in total. The summed E-state index contributed by atoms with van der Waals surface area (Å²) in [6.07, 6.45) is 0. The van der Waals surface area contributed by atoms with Gasteiger partial charge in [0.05, 0.1) is 8.07 Å². The van der Waals surface area contributed by atoms with Crippen molar-refractivity contribution in [2.45, 2.75) is 47.3 Å². The minimum Gasteiger partial charge on any atom is -0.0712 e. The number of hydrogen-bond acceptors (Lipinski definition) is 0. The molecule has 0 bridgehead atoms. The predicted molar refractivity (Wildman–Crippen MR) is 63.6 cm³/mol. The minimum atomic E-state index is -1.10. The van der Waals surface area contributed by atoms with Gasteiger partial charge in [0, 0.05) is 0 Å². The van der Waals surface area contributed by atoms with Crippen LogP contribution < -0.4 is 0 Å². The van der Waals surface area contributed by atoms with E-state index < -0.39 is 8.07 Å². The Morgan fingerprint density at radius 3 is 1.54 bits per heavy atom. The van der Waals surface area contributed by atoms with Crippen LogP contribution in [0.1, 0.15) is 27.7 Å². The Hall–Kier alpha value is -0.303. The van der Waals surface area contributed by atoms with Gasteiger partial charge in [-0.05, 0) is 32.3 Å². The second-order valence-electron chi connectivity index (χ2n) is 5.32. The van der Waals surface area contributed by atoms with Crippen LogP contribution in [0.2, 0.25) is 19.6 Å². The Balaban J connectivity index is 3.19. The van der Waals surface area contributed by atoms with Gasteiger partial charge in [-0.3, -0.25) is 0 Å². The van der Waals surface area contributed by atoms with E-state index in [0.717, 1.165) is 0 Å². The minimum absolute atomic E-state index is 0.715. The maximum atomic E-state index is 2.45. The molecular weight excluding hydrogens is 172 g/mol. The fraction of sp³-hybridized carbons (Fsp3) is 0.667. The van der Waals surface area contributed by atoms with Crippen LogP contribution in [0.5, 0.6) is 0 Å². The summed E-state index contributed by atoms with van der Waals surface area (Å²) in [6, 6.07) is 0. The molecule has 1 rings (SSSR count). The third kappa shape index (κ3) is 1.67. The molecule has 0 saturated carbocycles. The van der Waals surface area contributed by atoms with Gasteiger partial charge in [-0.25, -0.2) is 0 Å². The topological polar surface area (TPSA) is 0 Å². The standard InChI is InChI=1S/C12H22Si/c1-8-9(2)11(4)12(10(8)3)13(5,6)7/h10H,1-7H3. The highest BCUT2D eigenvalue weighted by molar-refractivity contribution is 6.83. The smallest absolute Gasteiger partial charge is 0.0712 e. The molecular formula is C12H22Si. The Labute approximate surface area is 83.7 Å². The Morgan fingerprint density at radius 2 is 1.38 bits per heavy atom. The van der Waals surface area contributed by atoms with E-state index in [9.17, 15) is 0 Å². The van der Waals surface area contributed by atoms with E-state index >= 15 is 0 Å². The maximum Gasteiger partial charge on any atom is 0.0735 e. The summed E-state index contributed by atoms with van der Waals surface area (Å²) in [7, 11) is -1.10. The molecule has 1 atom stereocenters. The first-order valence-electron chi connectivity index (χ1n) is 5.15. The fourth-order valence-corrected chi connectivity index (χ4v) is 5.40. The van der Waals surface area contributed by atoms with E-state index in [0.29, 0.717) is 5.92 Å². The normalized spacial score (nSPS) is 24.7. The SMILES string of the molecule is CC1=C(C)C(C)C([Si](C)(C)C)=C1C. The number of hydrogen-bond donors (Lipinski definition) is 0. The fourth-order valence-electron chi connectivity index (χ4n) is 2.58. The van der Waals surface area contributed by atoms with Gasteiger partial charge in [-0.1, -0.05) is 42.9 Å². The van der Waals surface area contributed by atoms with E-state index in [-0.39, 0.29) is 0 Å². The van der Waals surface area contributed by atoms with Gasteiger partial charge < -0.3 is 0 Å². The van der Waals surface area contributed by atoms with Gasteiger partial charge in [-0.2, -0.15) is 0 Å². The Bertz CT molecular complexity index is 287. The van der Waals surface area contributed by atoms with E-state index in [1.54, 1.807) is 21.9 Å². The van der Waals surface area contributed by atoms with Crippen molar-refractivity contribution in [3.8, 4) is 0 Å². The number of allylic oxidation sites excluding steroid dienone is 4. The molecule has 1 unspecified atom stereocenters. The highest BCUT2D eigenvalue weighted by Gasteiger charge is 2.32. The van der Waals surface area contributed by atoms with Gasteiger partial charge >= 0.3 is 0 Å². The van der Waals surface area contributed by atoms with E-state index in [2.05, 4.69) is 47.3 Å². The third-order valence-electron chi connectivity index (χ3n) is 3.45. The van der Waals surface area contributed by atoms with Crippen molar-refractivity contribution in [3.63, 3.8) is 0 Å². The molecule has 0 radical (unpaired) electrons. The van der Waals surface area contributed by atoms with Crippen LogP contribution in [-0.4, -0.2) is 8.07 Å². The average Bonchev–Trinajstić information content (AvgIpc) is 2.14. The van der Waals surface area contributed by atoms with E-state index in [1.807, 2.05) is 0 Å². The molecule has 1 aliphatic carbocycles. The molecule has 1 aliphatic rings. The second kappa shape index (κ2) is 3.12. The second-order valence-corrected chi connectivity index (χ2v) is 10.4. The molecule has 1 heteroatoms. The lowest BCUT2D eigenvalue weighted by atomic mass is 10.1. The summed E-state index contributed by atoms with van der Waals surface area (Å²) in [5.41, 5.74) is 4.73. The molecule has 0 spiro atoms. The summed E-state index contributed by atoms with van der Waals surface area (Å²) in [6.45, 7) is 16.6. The summed E-state index contributed by atoms with van der Waals surface area (Å²) in [5, 5.41) is 1.77. The largest absolute Gasteiger partial charge is 0.0735 e. The Kier molecular flexibility index (Phi) is 2.59. The highest BCUT2D eigenvalue weighted by Crippen LogP contribution is 2.40. The highest BCUT2D eigenvalue weighted by atomic mass is 28.3. The summed E-state index contributed by atoms with van der Waals surface area (Å²) in [4.78, 5) is 0. The summed E-state index contributed by atoms with van der Waals surface area (Å²) >= 11 is 0. The lowest BCUT2D eigenvalue weighted by molar-refractivity contribution is 0.848. The average molecular weight is 194 g/mol. The lowest BCUT2D eigenvalue weighted by Gasteiger charge is -2.25. The van der Waals surface area contributed by atoms with Gasteiger partial charge in [0.15, 0.2) is 0 Å². The van der Waals surface area contributed by atoms with Gasteiger partial charge in [-0.15, -0.1) is 0 Å². The van der Waals surface area contributed by atoms with Crippen molar-refractivity contribution in [2.75, 3.05) is 0 Å². The van der Waals surface area contributed by atoms with Crippen LogP contribution in [0.4, 0.5) is 0 Å². The monoisotopic (exact) mass is 194 g/mol. The first kappa shape index (κ1) is 10.8. The maximum absolute atomic E-state index is 2.45. The molecule has 0 aromatic carbocycles. The molecule has 13 heavy (non-hydrogen) atoms. The van der Waals surface area contributed by atoms with Gasteiger partial charge in [0.25, 0.3) is 0 Å². The van der Waals surface area contributed by atoms with Crippen molar-refractivity contribution in [1.29, 1.82) is 0 Å². The molecule has 0 saturated heterocycles. The van der Waals surface area contributed by atoms with Crippen molar-refractivity contribution in [3.05, 3.63) is 21.9 Å². The predicted octanol–water partition coefficient (Wildman–Crippen LogP) is 4.17. The van der Waals surface area contributed by atoms with Crippen LogP contribution in [0, 0.1) is 5.92 Å². The zero-order chi connectivity index (χ0) is 10.4. The molecule has 74 valence electrons. The van der Waals surface area contributed by atoms with Gasteiger partial charge in [0.2, 0.25) is 0 Å². The van der Waals surface area contributed by atoms with Crippen molar-refractivity contribution in [1.82, 2.24) is 0 Å². The third-order valence-corrected chi connectivity index (χ3v) is 5.87. The summed E-state index contributed by atoms with van der Waals surface area (Å²) < 4.78 is 0. The first-order chi connectivity index (χ1) is 5.76. The van der Waals surface area contributed by atoms with Crippen LogP contribution in [0.3, 0.4) is 0 Å². The summed E-state index contributed by atoms with van der Waals surface area (Å²) in [5.74, 6) is 0.715. The zero-order valence-electron chi connectivity index (χ0n) is 10.1. The van der Waals surface area contributed by atoms with Crippen molar-refractivity contribution < 1.29 is 0 Å². The molecule has 0 heterocycles. The number of rotatable bonds is 1. The van der Waals surface area contributed by atoms with Crippen LogP contribution in [0.25, 0.3) is 0 Å². The molecule has 0 fully saturated rings. The zero-order valence-corrected chi connectivity index (χ0v) is 11.1. The van der Waals surface area contributed by atoms with Crippen molar-refractivity contribution in [2.24, 2.45) is 5.92 Å². The van der Waals surface area contributed by atoms with Crippen LogP contribution >= 0.6 is 0 Å². The first-order valence-corrected chi connectivity index (χ1v) is 8.65. The van der Waals surface area contributed by atoms with E-state index in [4.69, 9.17) is 0 Å². The van der Waals surface area contributed by atoms with Crippen molar-refractivity contribution >= 4 is 8.07 Å². The molecule has 0 aromatic heterocycles. The van der Waals surface area contributed by atoms with Crippen LogP contribution in [-0.2, 0) is 0 Å². The molecule has 0 amide bonds. The molecule has 0 aliphatic heterocycles. The van der Waals surface area contributed by atoms with Gasteiger partial charge in [0.1, 0.15) is 0 Å². The van der Waals surface area contributed by atoms with Crippen LogP contribution in [0.15, 0.2) is 21.9 Å². The lowest BCUT2D eigenvalue weighted by Crippen LogP contribution is -2.28.